The molecule has 0 nitrogen and oxygen atoms in total. The number of hydrogen-bond donors (Lipinski definition) is 0. The van der Waals surface area contributed by atoms with Crippen LogP contribution in [0.25, 0.3) is 11.1 Å². The van der Waals surface area contributed by atoms with Gasteiger partial charge in [0.25, 0.3) is 0 Å². The van der Waals surface area contributed by atoms with Crippen molar-refractivity contribution in [3.05, 3.63) is 96.1 Å². The molecule has 0 unspecified atom stereocenters. The van der Waals surface area contributed by atoms with Crippen LogP contribution >= 0.6 is 11.6 Å². The summed E-state index contributed by atoms with van der Waals surface area (Å²) in [7, 11) is 0. The molecule has 0 aliphatic heterocycles. The molecule has 0 amide bonds. The minimum Gasteiger partial charge on any atom is -0.113 e. The molecule has 0 aliphatic rings. The third kappa shape index (κ3) is 2.76. The summed E-state index contributed by atoms with van der Waals surface area (Å²) < 4.78 is 0. The van der Waals surface area contributed by atoms with Crippen LogP contribution in [0.1, 0.15) is 16.5 Å². The van der Waals surface area contributed by atoms with Crippen LogP contribution in [-0.2, 0) is 0 Å². The van der Waals surface area contributed by atoms with E-state index in [2.05, 4.69) is 60.7 Å². The summed E-state index contributed by atoms with van der Waals surface area (Å²) >= 11 is 6.53. The Morgan fingerprint density at radius 3 is 1.55 bits per heavy atom. The summed E-state index contributed by atoms with van der Waals surface area (Å²) in [5, 5.41) is -0.0963. The van der Waals surface area contributed by atoms with Gasteiger partial charge in [0.15, 0.2) is 0 Å². The number of alkyl halides is 1. The molecular weight excluding hydrogens is 264 g/mol. The van der Waals surface area contributed by atoms with Gasteiger partial charge in [-0.1, -0.05) is 84.9 Å². The maximum absolute atomic E-state index is 6.53. The van der Waals surface area contributed by atoms with E-state index in [1.54, 1.807) is 0 Å². The van der Waals surface area contributed by atoms with Crippen molar-refractivity contribution in [2.24, 2.45) is 0 Å². The molecule has 0 bridgehead atoms. The van der Waals surface area contributed by atoms with Gasteiger partial charge in [0.2, 0.25) is 0 Å². The molecule has 0 aromatic heterocycles. The van der Waals surface area contributed by atoms with Crippen molar-refractivity contribution in [2.75, 3.05) is 0 Å². The molecule has 3 aromatic carbocycles. The SMILES string of the molecule is Cl[C@@H](c1ccccc1)c1ccc(-c2ccccc2)cc1. The Labute approximate surface area is 124 Å². The van der Waals surface area contributed by atoms with Gasteiger partial charge in [-0.3, -0.25) is 0 Å². The predicted octanol–water partition coefficient (Wildman–Crippen LogP) is 5.68. The van der Waals surface area contributed by atoms with E-state index in [0.717, 1.165) is 11.1 Å². The third-order valence-electron chi connectivity index (χ3n) is 3.40. The summed E-state index contributed by atoms with van der Waals surface area (Å²) in [5.74, 6) is 0. The molecule has 1 atom stereocenters. The van der Waals surface area contributed by atoms with E-state index in [-0.39, 0.29) is 5.38 Å². The molecule has 20 heavy (non-hydrogen) atoms. The summed E-state index contributed by atoms with van der Waals surface area (Å²) in [5.41, 5.74) is 4.69. The fraction of sp³-hybridized carbons (Fsp3) is 0.0526. The summed E-state index contributed by atoms with van der Waals surface area (Å²) in [6, 6.07) is 29.0. The molecule has 0 heterocycles. The second-order valence-electron chi connectivity index (χ2n) is 4.76. The van der Waals surface area contributed by atoms with E-state index < -0.39 is 0 Å². The topological polar surface area (TPSA) is 0 Å². The highest BCUT2D eigenvalue weighted by molar-refractivity contribution is 6.22. The standard InChI is InChI=1S/C19H15Cl/c20-19(17-9-5-2-6-10-17)18-13-11-16(12-14-18)15-7-3-1-4-8-15/h1-14,19H/t19-/m0/s1. The molecule has 98 valence electrons. The maximum atomic E-state index is 6.53. The van der Waals surface area contributed by atoms with E-state index in [9.17, 15) is 0 Å². The lowest BCUT2D eigenvalue weighted by Crippen LogP contribution is -1.92. The molecule has 0 radical (unpaired) electrons. The van der Waals surface area contributed by atoms with Crippen molar-refractivity contribution in [2.45, 2.75) is 5.38 Å². The Kier molecular flexibility index (Phi) is 3.85. The Hall–Kier alpha value is -2.05. The smallest absolute Gasteiger partial charge is 0.0835 e. The summed E-state index contributed by atoms with van der Waals surface area (Å²) in [6.07, 6.45) is 0. The predicted molar refractivity (Wildman–Crippen MR) is 86.0 cm³/mol. The lowest BCUT2D eigenvalue weighted by atomic mass is 10.00. The van der Waals surface area contributed by atoms with Crippen LogP contribution in [0.15, 0.2) is 84.9 Å². The van der Waals surface area contributed by atoms with Crippen LogP contribution in [0, 0.1) is 0 Å². The molecule has 0 saturated carbocycles. The Balaban J connectivity index is 1.87. The third-order valence-corrected chi connectivity index (χ3v) is 3.91. The van der Waals surface area contributed by atoms with E-state index >= 15 is 0 Å². The fourth-order valence-corrected chi connectivity index (χ4v) is 2.58. The Morgan fingerprint density at radius 2 is 0.950 bits per heavy atom. The molecule has 0 N–H and O–H groups in total. The van der Waals surface area contributed by atoms with E-state index in [1.807, 2.05) is 24.3 Å². The van der Waals surface area contributed by atoms with Crippen molar-refractivity contribution >= 4 is 11.6 Å². The summed E-state index contributed by atoms with van der Waals surface area (Å²) in [4.78, 5) is 0. The largest absolute Gasteiger partial charge is 0.113 e. The highest BCUT2D eigenvalue weighted by atomic mass is 35.5. The van der Waals surface area contributed by atoms with Crippen LogP contribution in [0.5, 0.6) is 0 Å². The van der Waals surface area contributed by atoms with Gasteiger partial charge < -0.3 is 0 Å². The Morgan fingerprint density at radius 1 is 0.500 bits per heavy atom. The van der Waals surface area contributed by atoms with Crippen LogP contribution in [0.4, 0.5) is 0 Å². The first-order chi connectivity index (χ1) is 9.84. The molecule has 0 spiro atoms. The second-order valence-corrected chi connectivity index (χ2v) is 5.20. The molecule has 0 fully saturated rings. The van der Waals surface area contributed by atoms with E-state index in [1.165, 1.54) is 11.1 Å². The lowest BCUT2D eigenvalue weighted by Gasteiger charge is -2.11. The molecule has 1 heteroatoms. The number of benzene rings is 3. The van der Waals surface area contributed by atoms with Gasteiger partial charge in [0, 0.05) is 0 Å². The second kappa shape index (κ2) is 5.94. The van der Waals surface area contributed by atoms with Gasteiger partial charge in [-0.05, 0) is 22.3 Å². The summed E-state index contributed by atoms with van der Waals surface area (Å²) in [6.45, 7) is 0. The van der Waals surface area contributed by atoms with Crippen molar-refractivity contribution in [3.63, 3.8) is 0 Å². The van der Waals surface area contributed by atoms with Gasteiger partial charge >= 0.3 is 0 Å². The maximum Gasteiger partial charge on any atom is 0.0835 e. The zero-order chi connectivity index (χ0) is 13.8. The van der Waals surface area contributed by atoms with Gasteiger partial charge in [0.1, 0.15) is 0 Å². The minimum absolute atomic E-state index is 0.0963. The van der Waals surface area contributed by atoms with Gasteiger partial charge in [0.05, 0.1) is 5.38 Å². The number of halogens is 1. The lowest BCUT2D eigenvalue weighted by molar-refractivity contribution is 1.14. The first kappa shape index (κ1) is 13.0. The average Bonchev–Trinajstić information content (AvgIpc) is 2.56. The highest BCUT2D eigenvalue weighted by Crippen LogP contribution is 2.30. The van der Waals surface area contributed by atoms with Crippen LogP contribution in [0.2, 0.25) is 0 Å². The van der Waals surface area contributed by atoms with E-state index in [0.29, 0.717) is 0 Å². The minimum atomic E-state index is -0.0963. The fourth-order valence-electron chi connectivity index (χ4n) is 2.29. The van der Waals surface area contributed by atoms with Gasteiger partial charge in [-0.15, -0.1) is 11.6 Å². The zero-order valence-corrected chi connectivity index (χ0v) is 11.8. The first-order valence-electron chi connectivity index (χ1n) is 6.69. The van der Waals surface area contributed by atoms with Crippen LogP contribution < -0.4 is 0 Å². The molecular formula is C19H15Cl. The highest BCUT2D eigenvalue weighted by Gasteiger charge is 2.10. The Bertz CT molecular complexity index is 657. The first-order valence-corrected chi connectivity index (χ1v) is 7.12. The average molecular weight is 279 g/mol. The molecule has 0 saturated heterocycles. The van der Waals surface area contributed by atoms with Gasteiger partial charge in [-0.25, -0.2) is 0 Å². The van der Waals surface area contributed by atoms with Crippen LogP contribution in [-0.4, -0.2) is 0 Å². The monoisotopic (exact) mass is 278 g/mol. The van der Waals surface area contributed by atoms with Crippen molar-refractivity contribution in [3.8, 4) is 11.1 Å². The zero-order valence-electron chi connectivity index (χ0n) is 11.0. The number of rotatable bonds is 3. The molecule has 3 aromatic rings. The quantitative estimate of drug-likeness (QED) is 0.541. The van der Waals surface area contributed by atoms with Gasteiger partial charge in [-0.2, -0.15) is 0 Å². The van der Waals surface area contributed by atoms with E-state index in [4.69, 9.17) is 11.6 Å². The normalized spacial score (nSPS) is 12.1. The van der Waals surface area contributed by atoms with Crippen LogP contribution in [0.3, 0.4) is 0 Å². The molecule has 3 rings (SSSR count). The van der Waals surface area contributed by atoms with Crippen molar-refractivity contribution in [1.82, 2.24) is 0 Å². The number of hydrogen-bond acceptors (Lipinski definition) is 0. The van der Waals surface area contributed by atoms with Crippen molar-refractivity contribution < 1.29 is 0 Å². The molecule has 0 aliphatic carbocycles. The van der Waals surface area contributed by atoms with Crippen molar-refractivity contribution in [1.29, 1.82) is 0 Å².